The number of benzene rings is 1. The molecule has 2 amide bonds. The summed E-state index contributed by atoms with van der Waals surface area (Å²) >= 11 is 0. The molecule has 1 saturated heterocycles. The SMILES string of the molecule is CN1C(=O)CC[C@H]1C(=O)N[C@@H]1CCCOc2ccccc21. The van der Waals surface area contributed by atoms with Crippen LogP contribution in [0.4, 0.5) is 0 Å². The van der Waals surface area contributed by atoms with Crippen LogP contribution in [0.3, 0.4) is 0 Å². The van der Waals surface area contributed by atoms with Crippen LogP contribution >= 0.6 is 0 Å². The van der Waals surface area contributed by atoms with Crippen molar-refractivity contribution >= 4 is 11.8 Å². The summed E-state index contributed by atoms with van der Waals surface area (Å²) in [6.45, 7) is 0.672. The van der Waals surface area contributed by atoms with E-state index in [1.807, 2.05) is 24.3 Å². The molecule has 21 heavy (non-hydrogen) atoms. The Bertz CT molecular complexity index is 558. The third-order valence-electron chi connectivity index (χ3n) is 4.30. The van der Waals surface area contributed by atoms with E-state index in [4.69, 9.17) is 4.74 Å². The molecule has 2 heterocycles. The molecule has 0 aromatic heterocycles. The fraction of sp³-hybridized carbons (Fsp3) is 0.500. The Morgan fingerprint density at radius 3 is 2.90 bits per heavy atom. The Morgan fingerprint density at radius 2 is 2.14 bits per heavy atom. The Balaban J connectivity index is 1.75. The first-order chi connectivity index (χ1) is 10.2. The number of hydrogen-bond donors (Lipinski definition) is 1. The largest absolute Gasteiger partial charge is 0.493 e. The van der Waals surface area contributed by atoms with E-state index >= 15 is 0 Å². The zero-order valence-corrected chi connectivity index (χ0v) is 12.2. The molecule has 2 atom stereocenters. The lowest BCUT2D eigenvalue weighted by Gasteiger charge is -2.24. The molecule has 0 saturated carbocycles. The van der Waals surface area contributed by atoms with Crippen molar-refractivity contribution in [3.63, 3.8) is 0 Å². The van der Waals surface area contributed by atoms with Crippen LogP contribution in [0.15, 0.2) is 24.3 Å². The van der Waals surface area contributed by atoms with E-state index in [0.29, 0.717) is 19.4 Å². The molecule has 2 aliphatic rings. The summed E-state index contributed by atoms with van der Waals surface area (Å²) in [6, 6.07) is 7.44. The standard InChI is InChI=1S/C16H20N2O3/c1-18-13(8-9-15(18)19)16(20)17-12-6-4-10-21-14-7-3-2-5-11(12)14/h2-3,5,7,12-13H,4,6,8-10H2,1H3,(H,17,20)/t12-,13+/m1/s1. The number of carbonyl (C=O) groups is 2. The number of carbonyl (C=O) groups excluding carboxylic acids is 2. The third kappa shape index (κ3) is 2.73. The highest BCUT2D eigenvalue weighted by atomic mass is 16.5. The summed E-state index contributed by atoms with van der Waals surface area (Å²) < 4.78 is 5.71. The average Bonchev–Trinajstić information content (AvgIpc) is 2.71. The van der Waals surface area contributed by atoms with E-state index in [0.717, 1.165) is 24.2 Å². The molecule has 1 N–H and O–H groups in total. The van der Waals surface area contributed by atoms with Crippen molar-refractivity contribution in [2.45, 2.75) is 37.8 Å². The molecule has 0 aliphatic carbocycles. The van der Waals surface area contributed by atoms with E-state index in [9.17, 15) is 9.59 Å². The van der Waals surface area contributed by atoms with Gasteiger partial charge in [0.25, 0.3) is 0 Å². The van der Waals surface area contributed by atoms with Crippen LogP contribution in [-0.2, 0) is 9.59 Å². The summed E-state index contributed by atoms with van der Waals surface area (Å²) in [4.78, 5) is 25.6. The lowest BCUT2D eigenvalue weighted by atomic mass is 10.0. The molecule has 1 aromatic carbocycles. The predicted octanol–water partition coefficient (Wildman–Crippen LogP) is 1.64. The van der Waals surface area contributed by atoms with E-state index in [-0.39, 0.29) is 23.9 Å². The second kappa shape index (κ2) is 5.76. The normalized spacial score (nSPS) is 25.0. The summed E-state index contributed by atoms with van der Waals surface area (Å²) in [5.74, 6) is 0.820. The predicted molar refractivity (Wildman–Crippen MR) is 77.8 cm³/mol. The number of fused-ring (bicyclic) bond motifs is 1. The van der Waals surface area contributed by atoms with Gasteiger partial charge < -0.3 is 15.0 Å². The van der Waals surface area contributed by atoms with Crippen LogP contribution in [0, 0.1) is 0 Å². The quantitative estimate of drug-likeness (QED) is 0.900. The van der Waals surface area contributed by atoms with Gasteiger partial charge in [0.2, 0.25) is 11.8 Å². The van der Waals surface area contributed by atoms with E-state index in [1.165, 1.54) is 0 Å². The fourth-order valence-corrected chi connectivity index (χ4v) is 3.05. The number of nitrogens with one attached hydrogen (secondary N) is 1. The highest BCUT2D eigenvalue weighted by Crippen LogP contribution is 2.31. The second-order valence-electron chi connectivity index (χ2n) is 5.65. The minimum atomic E-state index is -0.339. The van der Waals surface area contributed by atoms with Gasteiger partial charge in [-0.1, -0.05) is 18.2 Å². The van der Waals surface area contributed by atoms with Gasteiger partial charge in [-0.3, -0.25) is 9.59 Å². The fourth-order valence-electron chi connectivity index (χ4n) is 3.05. The van der Waals surface area contributed by atoms with Crippen LogP contribution in [0.5, 0.6) is 5.75 Å². The van der Waals surface area contributed by atoms with Gasteiger partial charge in [-0.2, -0.15) is 0 Å². The number of para-hydroxylation sites is 1. The van der Waals surface area contributed by atoms with Crippen molar-refractivity contribution in [1.29, 1.82) is 0 Å². The van der Waals surface area contributed by atoms with Crippen molar-refractivity contribution in [3.05, 3.63) is 29.8 Å². The van der Waals surface area contributed by atoms with Gasteiger partial charge in [-0.25, -0.2) is 0 Å². The van der Waals surface area contributed by atoms with Crippen molar-refractivity contribution in [2.75, 3.05) is 13.7 Å². The summed E-state index contributed by atoms with van der Waals surface area (Å²) in [5, 5.41) is 3.10. The highest BCUT2D eigenvalue weighted by Gasteiger charge is 2.34. The summed E-state index contributed by atoms with van der Waals surface area (Å²) in [6.07, 6.45) is 2.82. The zero-order valence-electron chi connectivity index (χ0n) is 12.2. The Morgan fingerprint density at radius 1 is 1.33 bits per heavy atom. The van der Waals surface area contributed by atoms with Gasteiger partial charge in [-0.05, 0) is 25.3 Å². The smallest absolute Gasteiger partial charge is 0.243 e. The second-order valence-corrected chi connectivity index (χ2v) is 5.65. The topological polar surface area (TPSA) is 58.6 Å². The lowest BCUT2D eigenvalue weighted by Crippen LogP contribution is -2.43. The van der Waals surface area contributed by atoms with Gasteiger partial charge in [0.05, 0.1) is 12.6 Å². The van der Waals surface area contributed by atoms with E-state index < -0.39 is 0 Å². The van der Waals surface area contributed by atoms with Crippen LogP contribution in [0.2, 0.25) is 0 Å². The number of ether oxygens (including phenoxy) is 1. The first-order valence-electron chi connectivity index (χ1n) is 7.44. The molecule has 5 heteroatoms. The molecule has 1 fully saturated rings. The number of likely N-dealkylation sites (tertiary alicyclic amines) is 1. The number of likely N-dealkylation sites (N-methyl/N-ethyl adjacent to an activating group) is 1. The average molecular weight is 288 g/mol. The molecular formula is C16H20N2O3. The highest BCUT2D eigenvalue weighted by molar-refractivity contribution is 5.90. The first kappa shape index (κ1) is 13.9. The number of hydrogen-bond acceptors (Lipinski definition) is 3. The monoisotopic (exact) mass is 288 g/mol. The molecule has 0 unspecified atom stereocenters. The minimum Gasteiger partial charge on any atom is -0.493 e. The van der Waals surface area contributed by atoms with E-state index in [1.54, 1.807) is 11.9 Å². The van der Waals surface area contributed by atoms with Crippen LogP contribution < -0.4 is 10.1 Å². The molecule has 0 spiro atoms. The van der Waals surface area contributed by atoms with E-state index in [2.05, 4.69) is 5.32 Å². The lowest BCUT2D eigenvalue weighted by molar-refractivity contribution is -0.134. The van der Waals surface area contributed by atoms with Crippen molar-refractivity contribution in [2.24, 2.45) is 0 Å². The van der Waals surface area contributed by atoms with Gasteiger partial charge in [0, 0.05) is 19.0 Å². The maximum Gasteiger partial charge on any atom is 0.243 e. The third-order valence-corrected chi connectivity index (χ3v) is 4.30. The van der Waals surface area contributed by atoms with Gasteiger partial charge in [-0.15, -0.1) is 0 Å². The molecule has 1 aromatic rings. The molecule has 0 bridgehead atoms. The maximum absolute atomic E-state index is 12.4. The van der Waals surface area contributed by atoms with Gasteiger partial charge in [0.15, 0.2) is 0 Å². The van der Waals surface area contributed by atoms with Crippen molar-refractivity contribution in [1.82, 2.24) is 10.2 Å². The molecule has 5 nitrogen and oxygen atoms in total. The molecule has 2 aliphatic heterocycles. The minimum absolute atomic E-state index is 0.0414. The van der Waals surface area contributed by atoms with Gasteiger partial charge in [0.1, 0.15) is 11.8 Å². The molecule has 112 valence electrons. The van der Waals surface area contributed by atoms with Crippen molar-refractivity contribution < 1.29 is 14.3 Å². The summed E-state index contributed by atoms with van der Waals surface area (Å²) in [7, 11) is 1.70. The van der Waals surface area contributed by atoms with Crippen LogP contribution in [0.25, 0.3) is 0 Å². The molecular weight excluding hydrogens is 268 g/mol. The summed E-state index contributed by atoms with van der Waals surface area (Å²) in [5.41, 5.74) is 1.02. The van der Waals surface area contributed by atoms with Crippen molar-refractivity contribution in [3.8, 4) is 5.75 Å². The molecule has 3 rings (SSSR count). The molecule has 0 radical (unpaired) electrons. The van der Waals surface area contributed by atoms with Crippen LogP contribution in [0.1, 0.15) is 37.3 Å². The number of amides is 2. The Hall–Kier alpha value is -2.04. The first-order valence-corrected chi connectivity index (χ1v) is 7.44. The number of nitrogens with zero attached hydrogens (tertiary/aromatic N) is 1. The number of rotatable bonds is 2. The van der Waals surface area contributed by atoms with Gasteiger partial charge >= 0.3 is 0 Å². The Labute approximate surface area is 124 Å². The van der Waals surface area contributed by atoms with Crippen LogP contribution in [-0.4, -0.2) is 36.4 Å². The zero-order chi connectivity index (χ0) is 14.8. The Kier molecular flexibility index (Phi) is 3.82. The maximum atomic E-state index is 12.4.